The van der Waals surface area contributed by atoms with Gasteiger partial charge >= 0.3 is 5.97 Å². The van der Waals surface area contributed by atoms with Gasteiger partial charge in [0.05, 0.1) is 12.2 Å². The van der Waals surface area contributed by atoms with Gasteiger partial charge in [-0.15, -0.1) is 0 Å². The molecule has 1 aliphatic carbocycles. The third-order valence-electron chi connectivity index (χ3n) is 4.76. The lowest BCUT2D eigenvalue weighted by atomic mass is 10.1. The number of benzene rings is 2. The molecule has 0 spiro atoms. The van der Waals surface area contributed by atoms with Crippen LogP contribution in [0.4, 0.5) is 4.39 Å². The molecule has 1 N–H and O–H groups in total. The normalized spacial score (nSPS) is 13.1. The van der Waals surface area contributed by atoms with Gasteiger partial charge < -0.3 is 14.6 Å². The van der Waals surface area contributed by atoms with E-state index in [1.165, 1.54) is 31.0 Å². The van der Waals surface area contributed by atoms with Crippen LogP contribution in [0.5, 0.6) is 11.6 Å². The molecule has 1 aliphatic rings. The maximum Gasteiger partial charge on any atom is 0.335 e. The van der Waals surface area contributed by atoms with Crippen molar-refractivity contribution in [2.24, 2.45) is 5.92 Å². The largest absolute Gasteiger partial charge is 0.489 e. The highest BCUT2D eigenvalue weighted by molar-refractivity contribution is 5.87. The summed E-state index contributed by atoms with van der Waals surface area (Å²) in [6.45, 7) is 0.925. The average molecular weight is 393 g/mol. The molecule has 5 nitrogen and oxygen atoms in total. The molecular formula is C23H20FNO4. The zero-order chi connectivity index (χ0) is 20.2. The Hall–Kier alpha value is -3.41. The van der Waals surface area contributed by atoms with Gasteiger partial charge in [0.1, 0.15) is 18.2 Å². The fourth-order valence-electron chi connectivity index (χ4n) is 2.84. The van der Waals surface area contributed by atoms with E-state index in [9.17, 15) is 9.18 Å². The van der Waals surface area contributed by atoms with Crippen LogP contribution in [0.1, 0.15) is 28.8 Å². The van der Waals surface area contributed by atoms with E-state index >= 15 is 0 Å². The van der Waals surface area contributed by atoms with Gasteiger partial charge in [-0.05, 0) is 60.7 Å². The van der Waals surface area contributed by atoms with Gasteiger partial charge in [-0.2, -0.15) is 0 Å². The lowest BCUT2D eigenvalue weighted by molar-refractivity contribution is 0.0697. The molecule has 3 aromatic rings. The van der Waals surface area contributed by atoms with Crippen LogP contribution >= 0.6 is 0 Å². The number of rotatable bonds is 8. The van der Waals surface area contributed by atoms with Crippen LogP contribution in [0.2, 0.25) is 0 Å². The maximum absolute atomic E-state index is 14.3. The number of ether oxygens (including phenoxy) is 2. The van der Waals surface area contributed by atoms with Crippen molar-refractivity contribution in [1.82, 2.24) is 4.98 Å². The molecule has 1 fully saturated rings. The minimum atomic E-state index is -0.974. The standard InChI is InChI=1S/C23H20FNO4/c24-21-9-8-19(28-13-16-3-5-17(6-4-16)23(26)27)11-20(21)18-7-10-22(25-12-18)29-14-15-1-2-15/h3-12,15H,1-2,13-14H2,(H,26,27). The number of hydrogen-bond acceptors (Lipinski definition) is 4. The van der Waals surface area contributed by atoms with Crippen molar-refractivity contribution >= 4 is 5.97 Å². The van der Waals surface area contributed by atoms with Gasteiger partial charge in [0.15, 0.2) is 0 Å². The molecule has 0 amide bonds. The number of aromatic nitrogens is 1. The van der Waals surface area contributed by atoms with Gasteiger partial charge in [-0.25, -0.2) is 14.2 Å². The fraction of sp³-hybridized carbons (Fsp3) is 0.217. The molecular weight excluding hydrogens is 373 g/mol. The summed E-state index contributed by atoms with van der Waals surface area (Å²) in [6.07, 6.45) is 4.01. The first-order valence-electron chi connectivity index (χ1n) is 9.42. The van der Waals surface area contributed by atoms with Crippen molar-refractivity contribution in [3.63, 3.8) is 0 Å². The zero-order valence-electron chi connectivity index (χ0n) is 15.7. The molecule has 2 aromatic carbocycles. The van der Waals surface area contributed by atoms with Crippen molar-refractivity contribution in [2.75, 3.05) is 6.61 Å². The van der Waals surface area contributed by atoms with E-state index < -0.39 is 5.97 Å². The Kier molecular flexibility index (Phi) is 5.42. The first kappa shape index (κ1) is 18.9. The van der Waals surface area contributed by atoms with Crippen LogP contribution in [0.3, 0.4) is 0 Å². The van der Waals surface area contributed by atoms with Gasteiger partial charge in [0.2, 0.25) is 5.88 Å². The molecule has 4 rings (SSSR count). The van der Waals surface area contributed by atoms with Crippen molar-refractivity contribution < 1.29 is 23.8 Å². The molecule has 148 valence electrons. The molecule has 29 heavy (non-hydrogen) atoms. The van der Waals surface area contributed by atoms with Crippen molar-refractivity contribution in [3.05, 3.63) is 77.7 Å². The molecule has 0 bridgehead atoms. The number of hydrogen-bond donors (Lipinski definition) is 1. The first-order valence-corrected chi connectivity index (χ1v) is 9.42. The van der Waals surface area contributed by atoms with E-state index in [0.29, 0.717) is 35.3 Å². The minimum absolute atomic E-state index is 0.217. The first-order chi connectivity index (χ1) is 14.1. The number of aromatic carboxylic acids is 1. The topological polar surface area (TPSA) is 68.7 Å². The van der Waals surface area contributed by atoms with Crippen LogP contribution in [-0.4, -0.2) is 22.7 Å². The van der Waals surface area contributed by atoms with E-state index in [1.807, 2.05) is 0 Å². The summed E-state index contributed by atoms with van der Waals surface area (Å²) in [5.41, 5.74) is 2.07. The highest BCUT2D eigenvalue weighted by atomic mass is 19.1. The molecule has 1 aromatic heterocycles. The Morgan fingerprint density at radius 2 is 1.86 bits per heavy atom. The van der Waals surface area contributed by atoms with E-state index in [0.717, 1.165) is 5.56 Å². The summed E-state index contributed by atoms with van der Waals surface area (Å²) in [6, 6.07) is 14.5. The van der Waals surface area contributed by atoms with Gasteiger partial charge in [-0.1, -0.05) is 12.1 Å². The smallest absolute Gasteiger partial charge is 0.335 e. The van der Waals surface area contributed by atoms with E-state index in [1.54, 1.807) is 42.6 Å². The van der Waals surface area contributed by atoms with Gasteiger partial charge in [-0.3, -0.25) is 0 Å². The molecule has 0 unspecified atom stereocenters. The zero-order valence-corrected chi connectivity index (χ0v) is 15.7. The second-order valence-electron chi connectivity index (χ2n) is 7.07. The summed E-state index contributed by atoms with van der Waals surface area (Å²) in [5.74, 6) is 0.356. The van der Waals surface area contributed by atoms with Gasteiger partial charge in [0, 0.05) is 23.4 Å². The average Bonchev–Trinajstić information content (AvgIpc) is 3.57. The predicted molar refractivity (Wildman–Crippen MR) is 106 cm³/mol. The van der Waals surface area contributed by atoms with Gasteiger partial charge in [0.25, 0.3) is 0 Å². The van der Waals surface area contributed by atoms with Crippen molar-refractivity contribution in [1.29, 1.82) is 0 Å². The molecule has 0 atom stereocenters. The summed E-state index contributed by atoms with van der Waals surface area (Å²) >= 11 is 0. The number of carbonyl (C=O) groups is 1. The van der Waals surface area contributed by atoms with Crippen molar-refractivity contribution in [2.45, 2.75) is 19.4 Å². The maximum atomic E-state index is 14.3. The Morgan fingerprint density at radius 3 is 2.52 bits per heavy atom. The third kappa shape index (κ3) is 4.90. The van der Waals surface area contributed by atoms with Crippen LogP contribution in [-0.2, 0) is 6.61 Å². The van der Waals surface area contributed by atoms with E-state index in [-0.39, 0.29) is 18.0 Å². The number of halogens is 1. The van der Waals surface area contributed by atoms with Crippen LogP contribution in [0, 0.1) is 11.7 Å². The third-order valence-corrected chi connectivity index (χ3v) is 4.76. The second kappa shape index (κ2) is 8.31. The molecule has 0 radical (unpaired) electrons. The van der Waals surface area contributed by atoms with E-state index in [2.05, 4.69) is 4.98 Å². The highest BCUT2D eigenvalue weighted by Crippen LogP contribution is 2.30. The summed E-state index contributed by atoms with van der Waals surface area (Å²) < 4.78 is 25.7. The predicted octanol–water partition coefficient (Wildman–Crippen LogP) is 4.95. The Morgan fingerprint density at radius 1 is 1.07 bits per heavy atom. The summed E-state index contributed by atoms with van der Waals surface area (Å²) in [5, 5.41) is 8.94. The van der Waals surface area contributed by atoms with Crippen LogP contribution in [0.25, 0.3) is 11.1 Å². The lowest BCUT2D eigenvalue weighted by Crippen LogP contribution is -2.00. The monoisotopic (exact) mass is 393 g/mol. The molecule has 0 aliphatic heterocycles. The fourth-order valence-corrected chi connectivity index (χ4v) is 2.84. The SMILES string of the molecule is O=C(O)c1ccc(COc2ccc(F)c(-c3ccc(OCC4CC4)nc3)c2)cc1. The minimum Gasteiger partial charge on any atom is -0.489 e. The molecule has 0 saturated heterocycles. The summed E-state index contributed by atoms with van der Waals surface area (Å²) in [7, 11) is 0. The quantitative estimate of drug-likeness (QED) is 0.586. The van der Waals surface area contributed by atoms with E-state index in [4.69, 9.17) is 14.6 Å². The number of carboxylic acid groups (broad SMARTS) is 1. The number of nitrogens with zero attached hydrogens (tertiary/aromatic N) is 1. The van der Waals surface area contributed by atoms with Crippen molar-refractivity contribution in [3.8, 4) is 22.8 Å². The molecule has 1 saturated carbocycles. The lowest BCUT2D eigenvalue weighted by Gasteiger charge is -2.10. The number of carboxylic acids is 1. The Labute approximate surface area is 167 Å². The number of pyridine rings is 1. The van der Waals surface area contributed by atoms with Crippen LogP contribution < -0.4 is 9.47 Å². The second-order valence-corrected chi connectivity index (χ2v) is 7.07. The molecule has 1 heterocycles. The highest BCUT2D eigenvalue weighted by Gasteiger charge is 2.22. The summed E-state index contributed by atoms with van der Waals surface area (Å²) in [4.78, 5) is 15.2. The molecule has 6 heteroatoms. The Bertz CT molecular complexity index is 998. The van der Waals surface area contributed by atoms with Crippen LogP contribution in [0.15, 0.2) is 60.8 Å². The Balaban J connectivity index is 1.43.